The van der Waals surface area contributed by atoms with E-state index in [1.54, 1.807) is 0 Å². The van der Waals surface area contributed by atoms with Crippen molar-refractivity contribution in [1.82, 2.24) is 10.2 Å². The van der Waals surface area contributed by atoms with Crippen molar-refractivity contribution in [2.24, 2.45) is 44.8 Å². The Balaban J connectivity index is 1.51. The summed E-state index contributed by atoms with van der Waals surface area (Å²) in [7, 11) is 0. The topological polar surface area (TPSA) is 96.9 Å². The van der Waals surface area contributed by atoms with Gasteiger partial charge in [0.25, 0.3) is 0 Å². The van der Waals surface area contributed by atoms with Gasteiger partial charge in [-0.2, -0.15) is 5.26 Å². The van der Waals surface area contributed by atoms with E-state index >= 15 is 0 Å². The number of hydrogen-bond acceptors (Lipinski definition) is 6. The molecule has 0 amide bonds. The molecule has 5 aliphatic rings. The van der Waals surface area contributed by atoms with Crippen molar-refractivity contribution in [3.63, 3.8) is 0 Å². The van der Waals surface area contributed by atoms with Gasteiger partial charge in [-0.3, -0.25) is 9.59 Å². The lowest BCUT2D eigenvalue weighted by Gasteiger charge is -2.68. The number of rotatable bonds is 3. The highest BCUT2D eigenvalue weighted by Crippen LogP contribution is 2.74. The minimum atomic E-state index is -0.652. The van der Waals surface area contributed by atoms with Crippen molar-refractivity contribution >= 4 is 11.6 Å². The Kier molecular flexibility index (Phi) is 6.09. The summed E-state index contributed by atoms with van der Waals surface area (Å²) in [5, 5.41) is 19.0. The molecule has 0 aliphatic heterocycles. The van der Waals surface area contributed by atoms with Gasteiger partial charge in [0.2, 0.25) is 11.8 Å². The molecule has 0 radical (unpaired) electrons. The standard InChI is InChI=1S/C35H47N3O3/c1-9-10-26-37-38-29(41-26)35-15-13-30(2,3)19-22(35)27-23(39)17-25-32(6)18-21(20-36)28(40)31(4,5)24(32)11-12-33(25,7)34(27,8)14-16-35/h17-18,22,24,27H,9-16,19H2,1-8H3/t22-,24+,27?,32+,33-,34-,35+/m1/s1. The van der Waals surface area contributed by atoms with E-state index in [0.29, 0.717) is 5.89 Å². The van der Waals surface area contributed by atoms with Crippen molar-refractivity contribution in [3.8, 4) is 6.07 Å². The van der Waals surface area contributed by atoms with Crippen LogP contribution in [0.5, 0.6) is 0 Å². The summed E-state index contributed by atoms with van der Waals surface area (Å²) in [6.07, 6.45) is 12.3. The molecule has 3 fully saturated rings. The van der Waals surface area contributed by atoms with Gasteiger partial charge < -0.3 is 4.42 Å². The molecular weight excluding hydrogens is 510 g/mol. The van der Waals surface area contributed by atoms with Gasteiger partial charge in [-0.25, -0.2) is 0 Å². The number of carbonyl (C=O) groups excluding carboxylic acids is 2. The zero-order valence-corrected chi connectivity index (χ0v) is 26.3. The Bertz CT molecular complexity index is 1420. The Labute approximate surface area is 245 Å². The minimum absolute atomic E-state index is 0.0542. The smallest absolute Gasteiger partial charge is 0.222 e. The van der Waals surface area contributed by atoms with Crippen LogP contribution in [0.15, 0.2) is 27.7 Å². The van der Waals surface area contributed by atoms with E-state index in [9.17, 15) is 14.9 Å². The van der Waals surface area contributed by atoms with Crippen molar-refractivity contribution < 1.29 is 14.0 Å². The lowest BCUT2D eigenvalue weighted by Crippen LogP contribution is -2.65. The number of ketones is 2. The van der Waals surface area contributed by atoms with Gasteiger partial charge in [0, 0.05) is 23.2 Å². The highest BCUT2D eigenvalue weighted by molar-refractivity contribution is 6.04. The number of allylic oxidation sites excluding steroid dienone is 4. The van der Waals surface area contributed by atoms with E-state index < -0.39 is 10.8 Å². The monoisotopic (exact) mass is 557 g/mol. The number of Topliss-reactive ketones (excluding diaryl/α,β-unsaturated/α-hetero) is 1. The third-order valence-corrected chi connectivity index (χ3v) is 13.2. The maximum atomic E-state index is 14.7. The largest absolute Gasteiger partial charge is 0.425 e. The summed E-state index contributed by atoms with van der Waals surface area (Å²) in [5.74, 6) is 1.65. The molecule has 0 bridgehead atoms. The van der Waals surface area contributed by atoms with Crippen LogP contribution < -0.4 is 0 Å². The Morgan fingerprint density at radius 2 is 1.71 bits per heavy atom. The quantitative estimate of drug-likeness (QED) is 0.382. The second-order valence-corrected chi connectivity index (χ2v) is 16.2. The Morgan fingerprint density at radius 1 is 1.00 bits per heavy atom. The van der Waals surface area contributed by atoms with Gasteiger partial charge in [-0.15, -0.1) is 10.2 Å². The highest BCUT2D eigenvalue weighted by Gasteiger charge is 2.70. The first-order chi connectivity index (χ1) is 19.1. The molecular formula is C35H47N3O3. The molecule has 1 heterocycles. The fourth-order valence-corrected chi connectivity index (χ4v) is 10.8. The van der Waals surface area contributed by atoms with Gasteiger partial charge >= 0.3 is 0 Å². The summed E-state index contributed by atoms with van der Waals surface area (Å²) >= 11 is 0. The van der Waals surface area contributed by atoms with Crippen LogP contribution in [0, 0.1) is 56.2 Å². The van der Waals surface area contributed by atoms with Crippen LogP contribution in [0.2, 0.25) is 0 Å². The highest BCUT2D eigenvalue weighted by atomic mass is 16.4. The zero-order valence-electron chi connectivity index (χ0n) is 26.3. The first-order valence-electron chi connectivity index (χ1n) is 15.9. The molecule has 1 aromatic heterocycles. The molecule has 1 aromatic rings. The summed E-state index contributed by atoms with van der Waals surface area (Å²) in [6, 6.07) is 2.21. The number of hydrogen-bond donors (Lipinski definition) is 0. The predicted octanol–water partition coefficient (Wildman–Crippen LogP) is 7.49. The van der Waals surface area contributed by atoms with Gasteiger partial charge in [0.1, 0.15) is 6.07 Å². The molecule has 6 heteroatoms. The summed E-state index contributed by atoms with van der Waals surface area (Å²) in [6.45, 7) is 17.8. The average molecular weight is 558 g/mol. The third kappa shape index (κ3) is 3.59. The first kappa shape index (κ1) is 28.6. The minimum Gasteiger partial charge on any atom is -0.425 e. The molecule has 0 aromatic carbocycles. The fraction of sp³-hybridized carbons (Fsp3) is 0.743. The van der Waals surface area contributed by atoms with Gasteiger partial charge in [0.15, 0.2) is 11.6 Å². The number of aryl methyl sites for hydroxylation is 1. The number of carbonyl (C=O) groups is 2. The number of nitrogens with zero attached hydrogens (tertiary/aromatic N) is 3. The maximum Gasteiger partial charge on any atom is 0.222 e. The zero-order chi connectivity index (χ0) is 29.8. The van der Waals surface area contributed by atoms with Crippen molar-refractivity contribution in [2.75, 3.05) is 0 Å². The van der Waals surface area contributed by atoms with Crippen molar-refractivity contribution in [2.45, 2.75) is 119 Å². The molecule has 5 aliphatic carbocycles. The number of aromatic nitrogens is 2. The van der Waals surface area contributed by atoms with Gasteiger partial charge in [-0.05, 0) is 85.5 Å². The van der Waals surface area contributed by atoms with Crippen molar-refractivity contribution in [3.05, 3.63) is 35.1 Å². The molecule has 220 valence electrons. The van der Waals surface area contributed by atoms with Gasteiger partial charge in [0.05, 0.1) is 11.0 Å². The summed E-state index contributed by atoms with van der Waals surface area (Å²) in [5.41, 5.74) is -0.390. The van der Waals surface area contributed by atoms with Crippen LogP contribution in [0.1, 0.15) is 119 Å². The normalized spacial score (nSPS) is 42.6. The molecule has 3 saturated carbocycles. The third-order valence-electron chi connectivity index (χ3n) is 13.2. The van der Waals surface area contributed by atoms with Crippen LogP contribution >= 0.6 is 0 Å². The fourth-order valence-electron chi connectivity index (χ4n) is 10.8. The van der Waals surface area contributed by atoms with Crippen LogP contribution in [-0.2, 0) is 21.4 Å². The SMILES string of the molecule is CCCc1nnc([C@]23CCC(C)(C)C[C@@H]2C2C(=O)C=C4[C@@]5(C)C=C(C#N)C(=O)C(C)(C)[C@@H]5CC[C@@]4(C)[C@]2(C)CC3)o1. The molecule has 41 heavy (non-hydrogen) atoms. The summed E-state index contributed by atoms with van der Waals surface area (Å²) in [4.78, 5) is 28.0. The molecule has 6 rings (SSSR count). The van der Waals surface area contributed by atoms with E-state index in [2.05, 4.69) is 57.8 Å². The lowest BCUT2D eigenvalue weighted by molar-refractivity contribution is -0.161. The number of nitriles is 1. The predicted molar refractivity (Wildman–Crippen MR) is 156 cm³/mol. The van der Waals surface area contributed by atoms with Crippen LogP contribution in [-0.4, -0.2) is 21.8 Å². The Morgan fingerprint density at radius 3 is 2.39 bits per heavy atom. The maximum absolute atomic E-state index is 14.7. The second kappa shape index (κ2) is 8.74. The molecule has 0 saturated heterocycles. The molecule has 0 N–H and O–H groups in total. The molecule has 6 nitrogen and oxygen atoms in total. The summed E-state index contributed by atoms with van der Waals surface area (Å²) < 4.78 is 6.40. The van der Waals surface area contributed by atoms with Crippen LogP contribution in [0.25, 0.3) is 0 Å². The lowest BCUT2D eigenvalue weighted by atomic mass is 9.34. The van der Waals surface area contributed by atoms with E-state index in [0.717, 1.165) is 69.3 Å². The molecule has 0 spiro atoms. The molecule has 7 atom stereocenters. The first-order valence-corrected chi connectivity index (χ1v) is 15.9. The van der Waals surface area contributed by atoms with Crippen molar-refractivity contribution in [1.29, 1.82) is 5.26 Å². The molecule has 1 unspecified atom stereocenters. The van der Waals surface area contributed by atoms with Crippen LogP contribution in [0.4, 0.5) is 0 Å². The second-order valence-electron chi connectivity index (χ2n) is 16.2. The van der Waals surface area contributed by atoms with E-state index in [1.165, 1.54) is 0 Å². The van der Waals surface area contributed by atoms with E-state index in [1.807, 2.05) is 26.0 Å². The number of fused-ring (bicyclic) bond motifs is 7. The average Bonchev–Trinajstić information content (AvgIpc) is 3.37. The van der Waals surface area contributed by atoms with Gasteiger partial charge in [-0.1, -0.05) is 67.0 Å². The van der Waals surface area contributed by atoms with E-state index in [-0.39, 0.29) is 56.6 Å². The Hall–Kier alpha value is -2.55. The van der Waals surface area contributed by atoms with E-state index in [4.69, 9.17) is 4.42 Å². The van der Waals surface area contributed by atoms with Crippen LogP contribution in [0.3, 0.4) is 0 Å².